The first-order chi connectivity index (χ1) is 20.1. The van der Waals surface area contributed by atoms with E-state index in [2.05, 4.69) is 11.8 Å². The number of carbonyl (C=O) groups is 4. The van der Waals surface area contributed by atoms with Crippen LogP contribution in [0.25, 0.3) is 6.08 Å². The van der Waals surface area contributed by atoms with Gasteiger partial charge in [0.05, 0.1) is 24.2 Å². The molecule has 2 rings (SSSR count). The number of ether oxygens (including phenoxy) is 4. The van der Waals surface area contributed by atoms with Gasteiger partial charge in [-0.25, -0.2) is 9.59 Å². The second kappa shape index (κ2) is 18.1. The van der Waals surface area contributed by atoms with E-state index in [9.17, 15) is 19.2 Å². The van der Waals surface area contributed by atoms with Crippen molar-refractivity contribution in [2.24, 2.45) is 5.41 Å². The summed E-state index contributed by atoms with van der Waals surface area (Å²) in [6, 6.07) is 13.4. The Morgan fingerprint density at radius 2 is 1.55 bits per heavy atom. The monoisotopic (exact) mass is 576 g/mol. The summed E-state index contributed by atoms with van der Waals surface area (Å²) in [6.07, 6.45) is 6.56. The summed E-state index contributed by atoms with van der Waals surface area (Å²) >= 11 is 0. The summed E-state index contributed by atoms with van der Waals surface area (Å²) in [5, 5.41) is 0. The molecule has 0 aliphatic rings. The number of benzene rings is 2. The minimum Gasteiger partial charge on any atom is -0.465 e. The highest BCUT2D eigenvalue weighted by Crippen LogP contribution is 2.21. The molecule has 0 saturated carbocycles. The first kappa shape index (κ1) is 33.8. The highest BCUT2D eigenvalue weighted by atomic mass is 16.5. The molecular formula is C34H40O8. The predicted octanol–water partition coefficient (Wildman–Crippen LogP) is 6.31. The topological polar surface area (TPSA) is 105 Å². The summed E-state index contributed by atoms with van der Waals surface area (Å²) in [4.78, 5) is 47.7. The van der Waals surface area contributed by atoms with Crippen LogP contribution < -0.4 is 4.74 Å². The van der Waals surface area contributed by atoms with Crippen LogP contribution in [0.2, 0.25) is 0 Å². The summed E-state index contributed by atoms with van der Waals surface area (Å²) in [7, 11) is 0. The van der Waals surface area contributed by atoms with Crippen LogP contribution in [-0.2, 0) is 28.6 Å². The third-order valence-electron chi connectivity index (χ3n) is 6.33. The van der Waals surface area contributed by atoms with Gasteiger partial charge >= 0.3 is 23.9 Å². The summed E-state index contributed by atoms with van der Waals surface area (Å²) in [5.74, 6) is 4.94. The molecule has 224 valence electrons. The van der Waals surface area contributed by atoms with Gasteiger partial charge in [-0.05, 0) is 94.5 Å². The summed E-state index contributed by atoms with van der Waals surface area (Å²) in [5.41, 5.74) is 1.40. The van der Waals surface area contributed by atoms with Crippen LogP contribution in [0.1, 0.15) is 87.7 Å². The van der Waals surface area contributed by atoms with E-state index in [-0.39, 0.29) is 18.5 Å². The molecule has 0 heterocycles. The normalized spacial score (nSPS) is 10.9. The van der Waals surface area contributed by atoms with Crippen molar-refractivity contribution in [2.75, 3.05) is 19.8 Å². The van der Waals surface area contributed by atoms with E-state index >= 15 is 0 Å². The lowest BCUT2D eigenvalue weighted by Crippen LogP contribution is -2.26. The van der Waals surface area contributed by atoms with E-state index in [0.29, 0.717) is 50.2 Å². The summed E-state index contributed by atoms with van der Waals surface area (Å²) in [6.45, 7) is 8.31. The van der Waals surface area contributed by atoms with Crippen molar-refractivity contribution in [3.05, 3.63) is 71.3 Å². The molecule has 0 fully saturated rings. The van der Waals surface area contributed by atoms with Crippen LogP contribution in [0, 0.1) is 17.3 Å². The van der Waals surface area contributed by atoms with Crippen molar-refractivity contribution in [3.63, 3.8) is 0 Å². The standard InChI is InChI=1S/C34H40O8/c1-5-34(3,4)33(38)41-25-10-7-8-13-30(35)40-24-11-9-12-26-14-19-28(20-15-26)32(37)42-29-21-16-27(17-22-29)18-23-31(36)39-6-2/h14-23H,5-8,10-11,13,24-25H2,1-4H3/b23-18+. The molecule has 0 saturated heterocycles. The first-order valence-electron chi connectivity index (χ1n) is 14.2. The van der Waals surface area contributed by atoms with Gasteiger partial charge in [0.1, 0.15) is 12.4 Å². The Labute approximate surface area is 248 Å². The SMILES string of the molecule is CCOC(=O)/C=C/c1ccc(OC(=O)c2ccc(C#CCCOC(=O)CCCCCOC(=O)C(C)(C)CC)cc2)cc1. The van der Waals surface area contributed by atoms with Gasteiger partial charge in [0.25, 0.3) is 0 Å². The molecule has 0 radical (unpaired) electrons. The Morgan fingerprint density at radius 3 is 2.21 bits per heavy atom. The van der Waals surface area contributed by atoms with Crippen molar-refractivity contribution >= 4 is 30.0 Å². The van der Waals surface area contributed by atoms with Crippen molar-refractivity contribution in [2.45, 2.75) is 66.2 Å². The van der Waals surface area contributed by atoms with Crippen LogP contribution in [0.3, 0.4) is 0 Å². The van der Waals surface area contributed by atoms with Gasteiger partial charge in [-0.15, -0.1) is 0 Å². The molecule has 0 N–H and O–H groups in total. The maximum atomic E-state index is 12.5. The summed E-state index contributed by atoms with van der Waals surface area (Å²) < 4.78 is 20.8. The van der Waals surface area contributed by atoms with E-state index in [1.165, 1.54) is 6.08 Å². The van der Waals surface area contributed by atoms with Crippen LogP contribution in [-0.4, -0.2) is 43.7 Å². The average Bonchev–Trinajstić information content (AvgIpc) is 2.98. The third kappa shape index (κ3) is 12.9. The fourth-order valence-corrected chi connectivity index (χ4v) is 3.36. The molecule has 2 aromatic carbocycles. The van der Waals surface area contributed by atoms with Crippen molar-refractivity contribution in [1.29, 1.82) is 0 Å². The van der Waals surface area contributed by atoms with Gasteiger partial charge in [-0.3, -0.25) is 9.59 Å². The van der Waals surface area contributed by atoms with Gasteiger partial charge in [0.2, 0.25) is 0 Å². The van der Waals surface area contributed by atoms with Crippen LogP contribution in [0.5, 0.6) is 5.75 Å². The lowest BCUT2D eigenvalue weighted by atomic mass is 9.91. The van der Waals surface area contributed by atoms with Gasteiger partial charge in [0.15, 0.2) is 0 Å². The quantitative estimate of drug-likeness (QED) is 0.0607. The minimum absolute atomic E-state index is 0.189. The maximum absolute atomic E-state index is 12.5. The third-order valence-corrected chi connectivity index (χ3v) is 6.33. The molecule has 8 heteroatoms. The maximum Gasteiger partial charge on any atom is 0.343 e. The largest absolute Gasteiger partial charge is 0.465 e. The molecule has 0 spiro atoms. The van der Waals surface area contributed by atoms with Gasteiger partial charge in [-0.1, -0.05) is 30.9 Å². The zero-order valence-electron chi connectivity index (χ0n) is 24.9. The Bertz CT molecular complexity index is 1260. The Balaban J connectivity index is 1.65. The molecule has 0 unspecified atom stereocenters. The fourth-order valence-electron chi connectivity index (χ4n) is 3.36. The molecule has 0 aliphatic carbocycles. The Morgan fingerprint density at radius 1 is 0.833 bits per heavy atom. The Hall–Kier alpha value is -4.38. The lowest BCUT2D eigenvalue weighted by molar-refractivity contribution is -0.154. The van der Waals surface area contributed by atoms with E-state index in [1.54, 1.807) is 61.5 Å². The van der Waals surface area contributed by atoms with Gasteiger partial charge in [0, 0.05) is 24.5 Å². The molecule has 2 aromatic rings. The second-order valence-corrected chi connectivity index (χ2v) is 10.1. The van der Waals surface area contributed by atoms with Crippen molar-refractivity contribution in [1.82, 2.24) is 0 Å². The predicted molar refractivity (Wildman–Crippen MR) is 159 cm³/mol. The number of rotatable bonds is 15. The zero-order valence-corrected chi connectivity index (χ0v) is 24.9. The van der Waals surface area contributed by atoms with Gasteiger partial charge in [-0.2, -0.15) is 0 Å². The molecule has 0 atom stereocenters. The second-order valence-electron chi connectivity index (χ2n) is 10.1. The van der Waals surface area contributed by atoms with E-state index < -0.39 is 17.4 Å². The molecule has 0 aliphatic heterocycles. The number of unbranched alkanes of at least 4 members (excludes halogenated alkanes) is 2. The average molecular weight is 577 g/mol. The number of carbonyl (C=O) groups excluding carboxylic acids is 4. The van der Waals surface area contributed by atoms with Crippen molar-refractivity contribution < 1.29 is 38.1 Å². The number of hydrogen-bond acceptors (Lipinski definition) is 8. The first-order valence-corrected chi connectivity index (χ1v) is 14.2. The molecule has 0 bridgehead atoms. The smallest absolute Gasteiger partial charge is 0.343 e. The highest BCUT2D eigenvalue weighted by molar-refractivity contribution is 5.91. The fraction of sp³-hybridized carbons (Fsp3) is 0.412. The highest BCUT2D eigenvalue weighted by Gasteiger charge is 2.26. The van der Waals surface area contributed by atoms with Crippen LogP contribution in [0.4, 0.5) is 0 Å². The van der Waals surface area contributed by atoms with E-state index in [1.807, 2.05) is 20.8 Å². The van der Waals surface area contributed by atoms with Crippen LogP contribution >= 0.6 is 0 Å². The van der Waals surface area contributed by atoms with E-state index in [4.69, 9.17) is 18.9 Å². The Kier molecular flexibility index (Phi) is 14.6. The molecular weight excluding hydrogens is 536 g/mol. The van der Waals surface area contributed by atoms with Crippen LogP contribution in [0.15, 0.2) is 54.6 Å². The number of hydrogen-bond donors (Lipinski definition) is 0. The molecule has 42 heavy (non-hydrogen) atoms. The lowest BCUT2D eigenvalue weighted by Gasteiger charge is -2.20. The number of esters is 4. The van der Waals surface area contributed by atoms with Gasteiger partial charge < -0.3 is 18.9 Å². The minimum atomic E-state index is -0.502. The molecule has 0 amide bonds. The van der Waals surface area contributed by atoms with E-state index in [0.717, 1.165) is 24.0 Å². The molecule has 8 nitrogen and oxygen atoms in total. The zero-order chi connectivity index (χ0) is 30.8. The molecule has 0 aromatic heterocycles. The van der Waals surface area contributed by atoms with Crippen molar-refractivity contribution in [3.8, 4) is 17.6 Å².